The van der Waals surface area contributed by atoms with Crippen molar-refractivity contribution in [2.75, 3.05) is 13.2 Å². The summed E-state index contributed by atoms with van der Waals surface area (Å²) in [7, 11) is 0. The Morgan fingerprint density at radius 3 is 2.76 bits per heavy atom. The van der Waals surface area contributed by atoms with Crippen LogP contribution in [0.25, 0.3) is 22.3 Å². The molecule has 3 heterocycles. The fourth-order valence-electron chi connectivity index (χ4n) is 5.03. The summed E-state index contributed by atoms with van der Waals surface area (Å²) in [4.78, 5) is 39.3. The number of carbonyl (C=O) groups excluding carboxylic acids is 2. The molecule has 0 spiro atoms. The number of nitrogens with one attached hydrogen (secondary N) is 2. The average molecular weight is 512 g/mol. The molecular formula is C27H31F2N5O3. The first-order chi connectivity index (χ1) is 17.8. The Morgan fingerprint density at radius 2 is 2.05 bits per heavy atom. The molecule has 1 saturated heterocycles. The summed E-state index contributed by atoms with van der Waals surface area (Å²) < 4.78 is 33.1. The van der Waals surface area contributed by atoms with Crippen LogP contribution in [0.3, 0.4) is 0 Å². The summed E-state index contributed by atoms with van der Waals surface area (Å²) in [6, 6.07) is 4.19. The number of amides is 2. The van der Waals surface area contributed by atoms with E-state index in [4.69, 9.17) is 4.74 Å². The lowest BCUT2D eigenvalue weighted by Gasteiger charge is -2.20. The number of hydrogen-bond donors (Lipinski definition) is 2. The number of benzene rings is 1. The molecule has 2 atom stereocenters. The van der Waals surface area contributed by atoms with Crippen molar-refractivity contribution >= 4 is 22.8 Å². The highest BCUT2D eigenvalue weighted by Gasteiger charge is 2.33. The molecule has 1 aliphatic heterocycles. The van der Waals surface area contributed by atoms with Crippen molar-refractivity contribution in [2.45, 2.75) is 65.0 Å². The highest BCUT2D eigenvalue weighted by atomic mass is 19.3. The molecule has 0 unspecified atom stereocenters. The molecule has 3 aromatic rings. The smallest absolute Gasteiger partial charge is 0.263 e. The van der Waals surface area contributed by atoms with Gasteiger partial charge in [0.05, 0.1) is 17.7 Å². The van der Waals surface area contributed by atoms with E-state index in [2.05, 4.69) is 20.3 Å². The van der Waals surface area contributed by atoms with E-state index >= 15 is 0 Å². The minimum absolute atomic E-state index is 0.0481. The molecule has 37 heavy (non-hydrogen) atoms. The van der Waals surface area contributed by atoms with Gasteiger partial charge in [0.25, 0.3) is 12.3 Å². The zero-order valence-corrected chi connectivity index (χ0v) is 21.2. The third-order valence-corrected chi connectivity index (χ3v) is 7.21. The van der Waals surface area contributed by atoms with E-state index in [1.165, 1.54) is 18.5 Å². The number of alkyl halides is 2. The molecule has 2 fully saturated rings. The molecule has 10 heteroatoms. The van der Waals surface area contributed by atoms with Crippen LogP contribution in [0.15, 0.2) is 24.5 Å². The van der Waals surface area contributed by atoms with Crippen LogP contribution in [-0.2, 0) is 4.79 Å². The van der Waals surface area contributed by atoms with Crippen molar-refractivity contribution in [3.05, 3.63) is 41.3 Å². The van der Waals surface area contributed by atoms with Gasteiger partial charge in [-0.25, -0.2) is 18.7 Å². The van der Waals surface area contributed by atoms with Crippen LogP contribution in [-0.4, -0.2) is 56.9 Å². The Morgan fingerprint density at radius 1 is 1.27 bits per heavy atom. The molecule has 0 bridgehead atoms. The molecule has 196 valence electrons. The third kappa shape index (κ3) is 5.01. The highest BCUT2D eigenvalue weighted by molar-refractivity contribution is 6.09. The molecule has 0 radical (unpaired) electrons. The number of aryl methyl sites for hydroxylation is 1. The number of H-pyrrole nitrogens is 1. The first-order valence-corrected chi connectivity index (χ1v) is 12.8. The molecule has 2 aromatic heterocycles. The minimum Gasteiger partial charge on any atom is -0.493 e. The minimum atomic E-state index is -2.65. The Hall–Kier alpha value is -3.56. The summed E-state index contributed by atoms with van der Waals surface area (Å²) in [6.07, 6.45) is 1.97. The number of fused-ring (bicyclic) bond motifs is 1. The lowest BCUT2D eigenvalue weighted by atomic mass is 10.0. The second-order valence-electron chi connectivity index (χ2n) is 10.0. The molecule has 2 N–H and O–H groups in total. The van der Waals surface area contributed by atoms with E-state index in [1.807, 2.05) is 13.8 Å². The van der Waals surface area contributed by atoms with Gasteiger partial charge in [0.2, 0.25) is 5.91 Å². The van der Waals surface area contributed by atoms with Gasteiger partial charge in [-0.3, -0.25) is 9.59 Å². The normalized spacial score (nSPS) is 19.6. The highest BCUT2D eigenvalue weighted by Crippen LogP contribution is 2.38. The summed E-state index contributed by atoms with van der Waals surface area (Å²) in [5.41, 5.74) is 2.54. The number of aromatic amines is 1. The average Bonchev–Trinajstić information content (AvgIpc) is 3.54. The first kappa shape index (κ1) is 25.1. The SMILES string of the molecule is CCC(=O)N1C[C@@H](NC(=O)c2c(C)[nH]c3c(-c4cc(C(F)F)ccc4OCC4CC4)ncnc23)C[C@@H]1C. The number of hydrogen-bond acceptors (Lipinski definition) is 5. The zero-order valence-electron chi connectivity index (χ0n) is 21.2. The maximum atomic E-state index is 13.6. The van der Waals surface area contributed by atoms with Crippen molar-refractivity contribution in [2.24, 2.45) is 5.92 Å². The van der Waals surface area contributed by atoms with Gasteiger partial charge in [-0.2, -0.15) is 0 Å². The number of halogens is 2. The van der Waals surface area contributed by atoms with Crippen LogP contribution < -0.4 is 10.1 Å². The molecule has 5 rings (SSSR count). The van der Waals surface area contributed by atoms with Crippen molar-refractivity contribution < 1.29 is 23.1 Å². The summed E-state index contributed by atoms with van der Waals surface area (Å²) >= 11 is 0. The maximum Gasteiger partial charge on any atom is 0.263 e. The van der Waals surface area contributed by atoms with Crippen LogP contribution in [0.2, 0.25) is 0 Å². The van der Waals surface area contributed by atoms with Crippen LogP contribution in [0.4, 0.5) is 8.78 Å². The topological polar surface area (TPSA) is 100 Å². The molecule has 1 aromatic carbocycles. The second kappa shape index (κ2) is 10.1. The van der Waals surface area contributed by atoms with Gasteiger partial charge in [-0.15, -0.1) is 0 Å². The number of aromatic nitrogens is 3. The Kier molecular flexibility index (Phi) is 6.83. The van der Waals surface area contributed by atoms with Gasteiger partial charge in [0.15, 0.2) is 0 Å². The van der Waals surface area contributed by atoms with Gasteiger partial charge in [0, 0.05) is 41.9 Å². The molecule has 8 nitrogen and oxygen atoms in total. The summed E-state index contributed by atoms with van der Waals surface area (Å²) in [5.74, 6) is 0.715. The van der Waals surface area contributed by atoms with Crippen LogP contribution in [0, 0.1) is 12.8 Å². The van der Waals surface area contributed by atoms with Crippen LogP contribution in [0.1, 0.15) is 67.6 Å². The van der Waals surface area contributed by atoms with Gasteiger partial charge in [-0.05, 0) is 57.2 Å². The fourth-order valence-corrected chi connectivity index (χ4v) is 5.03. The predicted molar refractivity (Wildman–Crippen MR) is 135 cm³/mol. The molecule has 2 amide bonds. The number of nitrogens with zero attached hydrogens (tertiary/aromatic N) is 3. The van der Waals surface area contributed by atoms with Gasteiger partial charge in [0.1, 0.15) is 23.3 Å². The van der Waals surface area contributed by atoms with Gasteiger partial charge in [-0.1, -0.05) is 6.92 Å². The number of rotatable bonds is 8. The fraction of sp³-hybridized carbons (Fsp3) is 0.481. The number of likely N-dealkylation sites (tertiary alicyclic amines) is 1. The zero-order chi connectivity index (χ0) is 26.3. The standard InChI is InChI=1S/C27H31F2N5O3/c1-4-21(35)34-11-18(9-14(34)2)33-27(36)22-15(3)32-25-23(30-13-31-24(22)25)19-10-17(26(28)29)7-8-20(19)37-12-16-5-6-16/h7-8,10,13-14,16,18,26,32H,4-6,9,11-12H2,1-3H3,(H,33,36)/t14-,18-/m0/s1. The van der Waals surface area contributed by atoms with Crippen LogP contribution in [0.5, 0.6) is 5.75 Å². The second-order valence-corrected chi connectivity index (χ2v) is 10.0. The predicted octanol–water partition coefficient (Wildman–Crippen LogP) is 4.79. The third-order valence-electron chi connectivity index (χ3n) is 7.21. The van der Waals surface area contributed by atoms with E-state index < -0.39 is 6.43 Å². The monoisotopic (exact) mass is 511 g/mol. The van der Waals surface area contributed by atoms with Gasteiger partial charge >= 0.3 is 0 Å². The largest absolute Gasteiger partial charge is 0.493 e. The first-order valence-electron chi connectivity index (χ1n) is 12.8. The van der Waals surface area contributed by atoms with Crippen molar-refractivity contribution in [3.63, 3.8) is 0 Å². The van der Waals surface area contributed by atoms with E-state index in [0.717, 1.165) is 12.8 Å². The lowest BCUT2D eigenvalue weighted by molar-refractivity contribution is -0.131. The van der Waals surface area contributed by atoms with Gasteiger partial charge < -0.3 is 19.9 Å². The van der Waals surface area contributed by atoms with E-state index in [0.29, 0.717) is 71.2 Å². The summed E-state index contributed by atoms with van der Waals surface area (Å²) in [6.45, 7) is 6.55. The quantitative estimate of drug-likeness (QED) is 0.453. The molecule has 1 saturated carbocycles. The van der Waals surface area contributed by atoms with Crippen molar-refractivity contribution in [3.8, 4) is 17.0 Å². The Labute approximate surface area is 213 Å². The Balaban J connectivity index is 1.47. The van der Waals surface area contributed by atoms with Crippen LogP contribution >= 0.6 is 0 Å². The van der Waals surface area contributed by atoms with E-state index in [9.17, 15) is 18.4 Å². The van der Waals surface area contributed by atoms with Crippen molar-refractivity contribution in [1.29, 1.82) is 0 Å². The number of ether oxygens (including phenoxy) is 1. The summed E-state index contributed by atoms with van der Waals surface area (Å²) in [5, 5.41) is 3.05. The molecular weight excluding hydrogens is 480 g/mol. The van der Waals surface area contributed by atoms with Crippen molar-refractivity contribution in [1.82, 2.24) is 25.2 Å². The van der Waals surface area contributed by atoms with E-state index in [-0.39, 0.29) is 29.5 Å². The Bertz CT molecular complexity index is 1340. The number of carbonyl (C=O) groups is 2. The molecule has 1 aliphatic carbocycles. The maximum absolute atomic E-state index is 13.6. The lowest BCUT2D eigenvalue weighted by Crippen LogP contribution is -2.39. The molecule has 2 aliphatic rings. The van der Waals surface area contributed by atoms with E-state index in [1.54, 1.807) is 17.9 Å².